The van der Waals surface area contributed by atoms with Gasteiger partial charge in [-0.2, -0.15) is 4.98 Å². The Bertz CT molecular complexity index is 1770. The molecule has 4 heterocycles. The van der Waals surface area contributed by atoms with Gasteiger partial charge in [0, 0.05) is 54.9 Å². The quantitative estimate of drug-likeness (QED) is 0.334. The lowest BCUT2D eigenvalue weighted by Crippen LogP contribution is -2.36. The van der Waals surface area contributed by atoms with E-state index in [1.54, 1.807) is 16.1 Å². The standard InChI is InChI=1S/C29H28N4O4S/c1-20-6-9-22(10-7-20)38(34,35)33-26-5-3-2-4-23(26)24-19-32(13-12-27(24)33)21-8-11-28-25(18-21)30-29(37-28)31-14-16-36-17-15-31/h2-11,18H,12-17,19H2,1H3. The van der Waals surface area contributed by atoms with Crippen molar-refractivity contribution in [3.8, 4) is 0 Å². The number of aryl methyl sites for hydroxylation is 1. The van der Waals surface area contributed by atoms with Gasteiger partial charge in [0.1, 0.15) is 5.52 Å². The van der Waals surface area contributed by atoms with E-state index in [4.69, 9.17) is 14.1 Å². The van der Waals surface area contributed by atoms with Crippen molar-refractivity contribution < 1.29 is 17.6 Å². The molecule has 0 unspecified atom stereocenters. The molecule has 38 heavy (non-hydrogen) atoms. The topological polar surface area (TPSA) is 80.8 Å². The molecule has 0 bridgehead atoms. The molecule has 0 saturated carbocycles. The number of nitrogens with zero attached hydrogens (tertiary/aromatic N) is 4. The van der Waals surface area contributed by atoms with E-state index < -0.39 is 10.0 Å². The number of aromatic nitrogens is 2. The molecule has 0 amide bonds. The summed E-state index contributed by atoms with van der Waals surface area (Å²) in [6.07, 6.45) is 0.616. The Hall–Kier alpha value is -3.82. The van der Waals surface area contributed by atoms with Crippen molar-refractivity contribution in [2.24, 2.45) is 0 Å². The molecule has 8 nitrogen and oxygen atoms in total. The van der Waals surface area contributed by atoms with E-state index in [-0.39, 0.29) is 0 Å². The first-order chi connectivity index (χ1) is 18.5. The molecule has 1 saturated heterocycles. The number of oxazole rings is 1. The first-order valence-corrected chi connectivity index (χ1v) is 14.3. The molecule has 0 N–H and O–H groups in total. The van der Waals surface area contributed by atoms with Crippen LogP contribution in [0.2, 0.25) is 0 Å². The summed E-state index contributed by atoms with van der Waals surface area (Å²) in [7, 11) is -3.74. The van der Waals surface area contributed by atoms with Gasteiger partial charge < -0.3 is 19.0 Å². The summed E-state index contributed by atoms with van der Waals surface area (Å²) in [6.45, 7) is 6.16. The average molecular weight is 529 g/mol. The van der Waals surface area contributed by atoms with Gasteiger partial charge in [-0.25, -0.2) is 12.4 Å². The zero-order valence-corrected chi connectivity index (χ0v) is 21.9. The van der Waals surface area contributed by atoms with E-state index in [0.717, 1.165) is 57.6 Å². The predicted molar refractivity (Wildman–Crippen MR) is 147 cm³/mol. The molecule has 194 valence electrons. The summed E-state index contributed by atoms with van der Waals surface area (Å²) in [4.78, 5) is 9.47. The fourth-order valence-electron chi connectivity index (χ4n) is 5.57. The van der Waals surface area contributed by atoms with Gasteiger partial charge in [-0.15, -0.1) is 0 Å². The molecule has 0 radical (unpaired) electrons. The highest BCUT2D eigenvalue weighted by molar-refractivity contribution is 7.90. The van der Waals surface area contributed by atoms with E-state index in [1.165, 1.54) is 0 Å². The van der Waals surface area contributed by atoms with Crippen molar-refractivity contribution in [3.63, 3.8) is 0 Å². The second-order valence-electron chi connectivity index (χ2n) is 9.94. The predicted octanol–water partition coefficient (Wildman–Crippen LogP) is 4.73. The number of benzene rings is 3. The van der Waals surface area contributed by atoms with Gasteiger partial charge in [0.2, 0.25) is 0 Å². The van der Waals surface area contributed by atoms with Gasteiger partial charge in [0.15, 0.2) is 5.58 Å². The smallest absolute Gasteiger partial charge is 0.298 e. The average Bonchev–Trinajstić information content (AvgIpc) is 3.52. The van der Waals surface area contributed by atoms with Gasteiger partial charge >= 0.3 is 0 Å². The molecule has 0 spiro atoms. The summed E-state index contributed by atoms with van der Waals surface area (Å²) in [5.74, 6) is 0. The molecule has 3 aromatic carbocycles. The maximum Gasteiger partial charge on any atom is 0.298 e. The maximum absolute atomic E-state index is 13.8. The van der Waals surface area contributed by atoms with Crippen molar-refractivity contribution in [2.45, 2.75) is 24.8 Å². The van der Waals surface area contributed by atoms with E-state index in [9.17, 15) is 8.42 Å². The van der Waals surface area contributed by atoms with Crippen LogP contribution >= 0.6 is 0 Å². The monoisotopic (exact) mass is 528 g/mol. The first-order valence-electron chi connectivity index (χ1n) is 12.9. The van der Waals surface area contributed by atoms with Gasteiger partial charge in [-0.3, -0.25) is 0 Å². The SMILES string of the molecule is Cc1ccc(S(=O)(=O)n2c3c(c4ccccc42)CN(c2ccc4oc(N5CCOCC5)nc4c2)CC3)cc1. The van der Waals surface area contributed by atoms with Crippen molar-refractivity contribution >= 4 is 43.7 Å². The number of fused-ring (bicyclic) bond motifs is 4. The summed E-state index contributed by atoms with van der Waals surface area (Å²) in [5, 5.41) is 0.972. The molecule has 2 aromatic heterocycles. The summed E-state index contributed by atoms with van der Waals surface area (Å²) >= 11 is 0. The number of para-hydroxylation sites is 1. The fourth-order valence-corrected chi connectivity index (χ4v) is 7.17. The molecule has 5 aromatic rings. The van der Waals surface area contributed by atoms with Gasteiger partial charge in [0.25, 0.3) is 16.0 Å². The number of hydrogen-bond donors (Lipinski definition) is 0. The minimum absolute atomic E-state index is 0.307. The van der Waals surface area contributed by atoms with Crippen molar-refractivity contribution in [3.05, 3.63) is 83.6 Å². The van der Waals surface area contributed by atoms with Crippen LogP contribution in [-0.4, -0.2) is 50.2 Å². The summed E-state index contributed by atoms with van der Waals surface area (Å²) in [5.41, 5.74) is 6.29. The lowest BCUT2D eigenvalue weighted by Gasteiger charge is -2.30. The van der Waals surface area contributed by atoms with Crippen LogP contribution in [0.4, 0.5) is 11.7 Å². The first kappa shape index (κ1) is 23.3. The van der Waals surface area contributed by atoms with Crippen LogP contribution in [0.5, 0.6) is 0 Å². The number of hydrogen-bond acceptors (Lipinski definition) is 7. The van der Waals surface area contributed by atoms with E-state index in [1.807, 2.05) is 49.4 Å². The van der Waals surface area contributed by atoms with Crippen molar-refractivity contribution in [1.29, 1.82) is 0 Å². The third kappa shape index (κ3) is 3.76. The Morgan fingerprint density at radius 2 is 1.68 bits per heavy atom. The largest absolute Gasteiger partial charge is 0.423 e. The Balaban J connectivity index is 1.26. The molecule has 0 atom stereocenters. The van der Waals surface area contributed by atoms with Gasteiger partial charge in [0.05, 0.1) is 23.6 Å². The van der Waals surface area contributed by atoms with Crippen LogP contribution in [0.25, 0.3) is 22.0 Å². The zero-order chi connectivity index (χ0) is 25.9. The minimum Gasteiger partial charge on any atom is -0.423 e. The molecular weight excluding hydrogens is 500 g/mol. The Morgan fingerprint density at radius 1 is 0.895 bits per heavy atom. The van der Waals surface area contributed by atoms with Gasteiger partial charge in [-0.1, -0.05) is 35.9 Å². The van der Waals surface area contributed by atoms with E-state index in [2.05, 4.69) is 21.9 Å². The van der Waals surface area contributed by atoms with Crippen LogP contribution in [-0.2, 0) is 27.7 Å². The fraction of sp³-hybridized carbons (Fsp3) is 0.276. The van der Waals surface area contributed by atoms with E-state index >= 15 is 0 Å². The third-order valence-corrected chi connectivity index (χ3v) is 9.34. The molecule has 7 rings (SSSR count). The van der Waals surface area contributed by atoms with Crippen molar-refractivity contribution in [1.82, 2.24) is 8.96 Å². The molecule has 1 fully saturated rings. The van der Waals surface area contributed by atoms with Gasteiger partial charge in [-0.05, 0) is 43.3 Å². The second kappa shape index (κ2) is 8.89. The van der Waals surface area contributed by atoms with Crippen LogP contribution in [0.1, 0.15) is 16.8 Å². The summed E-state index contributed by atoms with van der Waals surface area (Å²) in [6, 6.07) is 21.6. The lowest BCUT2D eigenvalue weighted by molar-refractivity contribution is 0.120. The number of ether oxygens (including phenoxy) is 1. The summed E-state index contributed by atoms with van der Waals surface area (Å²) < 4.78 is 40.7. The Kier molecular flexibility index (Phi) is 5.45. The highest BCUT2D eigenvalue weighted by Gasteiger charge is 2.30. The molecular formula is C29H28N4O4S. The normalized spacial score (nSPS) is 16.3. The van der Waals surface area contributed by atoms with Crippen LogP contribution in [0, 0.1) is 6.92 Å². The van der Waals surface area contributed by atoms with Crippen LogP contribution in [0.3, 0.4) is 0 Å². The zero-order valence-electron chi connectivity index (χ0n) is 21.1. The molecule has 0 aliphatic carbocycles. The minimum atomic E-state index is -3.74. The molecule has 2 aliphatic rings. The molecule has 2 aliphatic heterocycles. The van der Waals surface area contributed by atoms with Crippen LogP contribution in [0.15, 0.2) is 76.0 Å². The highest BCUT2D eigenvalue weighted by Crippen LogP contribution is 2.36. The highest BCUT2D eigenvalue weighted by atomic mass is 32.2. The lowest BCUT2D eigenvalue weighted by atomic mass is 10.0. The maximum atomic E-state index is 13.8. The number of rotatable bonds is 4. The molecule has 9 heteroatoms. The van der Waals surface area contributed by atoms with Crippen LogP contribution < -0.4 is 9.80 Å². The van der Waals surface area contributed by atoms with Crippen molar-refractivity contribution in [2.75, 3.05) is 42.6 Å². The Labute approximate surface area is 221 Å². The second-order valence-corrected chi connectivity index (χ2v) is 11.7. The number of morpholine rings is 1. The Morgan fingerprint density at radius 3 is 2.50 bits per heavy atom. The number of anilines is 2. The third-order valence-electron chi connectivity index (χ3n) is 7.57. The van der Waals surface area contributed by atoms with E-state index in [0.29, 0.717) is 43.6 Å².